The molecule has 0 radical (unpaired) electrons. The summed E-state index contributed by atoms with van der Waals surface area (Å²) < 4.78 is 28.7. The summed E-state index contributed by atoms with van der Waals surface area (Å²) in [5.41, 5.74) is 5.17. The minimum Gasteiger partial charge on any atom is -0.329 e. The summed E-state index contributed by atoms with van der Waals surface area (Å²) in [6.07, 6.45) is 0. The molecular weight excluding hydrogens is 392 g/mol. The fourth-order valence-corrected chi connectivity index (χ4v) is 6.65. The summed E-state index contributed by atoms with van der Waals surface area (Å²) in [7, 11) is -3.48. The monoisotopic (exact) mass is 423 g/mol. The number of hydrogen-bond acceptors (Lipinski definition) is 2. The van der Waals surface area contributed by atoms with Crippen LogP contribution < -0.4 is 4.90 Å². The first-order valence-electron chi connectivity index (χ1n) is 10.7. The zero-order valence-electron chi connectivity index (χ0n) is 18.3. The van der Waals surface area contributed by atoms with E-state index in [1.165, 1.54) is 21.2 Å². The van der Waals surface area contributed by atoms with Gasteiger partial charge in [-0.25, -0.2) is 8.42 Å². The maximum absolute atomic E-state index is 13.5. The summed E-state index contributed by atoms with van der Waals surface area (Å²) in [6, 6.07) is 17.0. The molecule has 0 amide bonds. The fourth-order valence-electron chi connectivity index (χ4n) is 4.63. The van der Waals surface area contributed by atoms with E-state index in [1.807, 2.05) is 27.7 Å². The van der Waals surface area contributed by atoms with Crippen molar-refractivity contribution >= 4 is 20.8 Å². The highest BCUT2D eigenvalue weighted by molar-refractivity contribution is 7.89. The summed E-state index contributed by atoms with van der Waals surface area (Å²) >= 11 is 0. The number of rotatable bonds is 4. The van der Waals surface area contributed by atoms with Gasteiger partial charge in [-0.15, -0.1) is 0 Å². The van der Waals surface area contributed by atoms with Crippen LogP contribution in [0.4, 0.5) is 0 Å². The normalized spacial score (nSPS) is 16.3. The lowest BCUT2D eigenvalue weighted by molar-refractivity contribution is -0.917. The molecule has 1 heterocycles. The number of nitrogens with one attached hydrogen (secondary N) is 1. The van der Waals surface area contributed by atoms with Gasteiger partial charge in [-0.05, 0) is 60.7 Å². The maximum atomic E-state index is 13.5. The van der Waals surface area contributed by atoms with Gasteiger partial charge in [-0.2, -0.15) is 4.31 Å². The predicted molar refractivity (Wildman–Crippen MR) is 122 cm³/mol. The van der Waals surface area contributed by atoms with Crippen molar-refractivity contribution in [2.75, 3.05) is 26.2 Å². The first-order valence-corrected chi connectivity index (χ1v) is 12.1. The molecule has 0 unspecified atom stereocenters. The second-order valence-electron chi connectivity index (χ2n) is 8.56. The lowest BCUT2D eigenvalue weighted by atomic mass is 10.0. The molecule has 1 N–H and O–H groups in total. The van der Waals surface area contributed by atoms with Crippen molar-refractivity contribution in [1.82, 2.24) is 4.31 Å². The molecule has 0 bridgehead atoms. The molecule has 3 aromatic carbocycles. The van der Waals surface area contributed by atoms with Crippen LogP contribution in [0.3, 0.4) is 0 Å². The Morgan fingerprint density at radius 2 is 1.47 bits per heavy atom. The van der Waals surface area contributed by atoms with Gasteiger partial charge in [0.1, 0.15) is 6.54 Å². The van der Waals surface area contributed by atoms with Crippen molar-refractivity contribution in [3.8, 4) is 0 Å². The Labute approximate surface area is 180 Å². The van der Waals surface area contributed by atoms with Crippen molar-refractivity contribution in [3.63, 3.8) is 0 Å². The number of sulfonamides is 1. The number of benzene rings is 3. The zero-order chi connectivity index (χ0) is 21.5. The Morgan fingerprint density at radius 3 is 2.13 bits per heavy atom. The van der Waals surface area contributed by atoms with E-state index in [9.17, 15) is 8.42 Å². The minimum atomic E-state index is -3.48. The van der Waals surface area contributed by atoms with E-state index in [2.05, 4.69) is 48.5 Å². The molecule has 0 saturated carbocycles. The van der Waals surface area contributed by atoms with Crippen molar-refractivity contribution in [1.29, 1.82) is 0 Å². The van der Waals surface area contributed by atoms with Crippen LogP contribution in [0.25, 0.3) is 10.8 Å². The SMILES string of the molecule is Cc1cc(C)c(C)c(S(=O)(=O)N2CC[NH+](Cc3cccc4ccccc34)CC2)c1C. The van der Waals surface area contributed by atoms with Crippen molar-refractivity contribution in [3.05, 3.63) is 76.3 Å². The Bertz CT molecular complexity index is 1160. The average molecular weight is 424 g/mol. The summed E-state index contributed by atoms with van der Waals surface area (Å²) in [5.74, 6) is 0. The van der Waals surface area contributed by atoms with Crippen LogP contribution in [0.1, 0.15) is 27.8 Å². The summed E-state index contributed by atoms with van der Waals surface area (Å²) in [6.45, 7) is 11.5. The molecule has 0 atom stereocenters. The first-order chi connectivity index (χ1) is 14.3. The third-order valence-corrected chi connectivity index (χ3v) is 8.82. The first kappa shape index (κ1) is 21.0. The van der Waals surface area contributed by atoms with Crippen LogP contribution in [0, 0.1) is 27.7 Å². The van der Waals surface area contributed by atoms with E-state index in [0.717, 1.165) is 41.9 Å². The second-order valence-corrected chi connectivity index (χ2v) is 10.4. The molecule has 3 aromatic rings. The Balaban J connectivity index is 1.52. The molecule has 1 saturated heterocycles. The van der Waals surface area contributed by atoms with Gasteiger partial charge < -0.3 is 4.90 Å². The molecular formula is C25H31N2O2S+. The number of quaternary nitrogens is 1. The number of fused-ring (bicyclic) bond motifs is 1. The maximum Gasteiger partial charge on any atom is 0.244 e. The van der Waals surface area contributed by atoms with Gasteiger partial charge in [0, 0.05) is 5.56 Å². The standard InChI is InChI=1S/C25H30N2O2S/c1-18-16-19(2)21(4)25(20(18)3)30(28,29)27-14-12-26(13-15-27)17-23-10-7-9-22-8-5-6-11-24(22)23/h5-11,16H,12-15,17H2,1-4H3/p+1. The predicted octanol–water partition coefficient (Wildman–Crippen LogP) is 3.16. The smallest absolute Gasteiger partial charge is 0.244 e. The molecule has 5 heteroatoms. The van der Waals surface area contributed by atoms with Crippen LogP contribution in [0.2, 0.25) is 0 Å². The molecule has 4 nitrogen and oxygen atoms in total. The fraction of sp³-hybridized carbons (Fsp3) is 0.360. The van der Waals surface area contributed by atoms with E-state index in [-0.39, 0.29) is 0 Å². The Hall–Kier alpha value is -2.21. The summed E-state index contributed by atoms with van der Waals surface area (Å²) in [5, 5.41) is 2.56. The molecule has 0 aliphatic carbocycles. The van der Waals surface area contributed by atoms with Crippen molar-refractivity contribution < 1.29 is 13.3 Å². The number of nitrogens with zero attached hydrogens (tertiary/aromatic N) is 1. The van der Waals surface area contributed by atoms with Gasteiger partial charge in [0.15, 0.2) is 0 Å². The molecule has 0 aromatic heterocycles. The molecule has 30 heavy (non-hydrogen) atoms. The van der Waals surface area contributed by atoms with E-state index < -0.39 is 10.0 Å². The molecule has 1 aliphatic heterocycles. The quantitative estimate of drug-likeness (QED) is 0.700. The van der Waals surface area contributed by atoms with Crippen LogP contribution in [0.5, 0.6) is 0 Å². The van der Waals surface area contributed by atoms with Gasteiger partial charge in [-0.3, -0.25) is 0 Å². The topological polar surface area (TPSA) is 41.8 Å². The number of aryl methyl sites for hydroxylation is 2. The minimum absolute atomic E-state index is 0.512. The molecule has 1 fully saturated rings. The Morgan fingerprint density at radius 1 is 0.867 bits per heavy atom. The van der Waals surface area contributed by atoms with E-state index in [4.69, 9.17) is 0 Å². The third-order valence-electron chi connectivity index (χ3n) is 6.64. The zero-order valence-corrected chi connectivity index (χ0v) is 19.1. The van der Waals surface area contributed by atoms with Gasteiger partial charge >= 0.3 is 0 Å². The third kappa shape index (κ3) is 3.78. The van der Waals surface area contributed by atoms with E-state index in [0.29, 0.717) is 18.0 Å². The lowest BCUT2D eigenvalue weighted by Crippen LogP contribution is -3.13. The van der Waals surface area contributed by atoms with Crippen LogP contribution in [-0.2, 0) is 16.6 Å². The van der Waals surface area contributed by atoms with Crippen molar-refractivity contribution in [2.24, 2.45) is 0 Å². The Kier molecular flexibility index (Phi) is 5.71. The van der Waals surface area contributed by atoms with Crippen LogP contribution >= 0.6 is 0 Å². The van der Waals surface area contributed by atoms with E-state index >= 15 is 0 Å². The van der Waals surface area contributed by atoms with Gasteiger partial charge in [0.2, 0.25) is 10.0 Å². The summed E-state index contributed by atoms with van der Waals surface area (Å²) in [4.78, 5) is 1.95. The second kappa shape index (κ2) is 8.14. The average Bonchev–Trinajstić information content (AvgIpc) is 2.73. The molecule has 0 spiro atoms. The molecule has 4 rings (SSSR count). The molecule has 1 aliphatic rings. The van der Waals surface area contributed by atoms with Gasteiger partial charge in [-0.1, -0.05) is 48.5 Å². The van der Waals surface area contributed by atoms with Crippen LogP contribution in [0.15, 0.2) is 53.4 Å². The lowest BCUT2D eigenvalue weighted by Gasteiger charge is -2.32. The van der Waals surface area contributed by atoms with Crippen molar-refractivity contribution in [2.45, 2.75) is 39.1 Å². The highest BCUT2D eigenvalue weighted by atomic mass is 32.2. The number of hydrogen-bond donors (Lipinski definition) is 1. The molecule has 158 valence electrons. The highest BCUT2D eigenvalue weighted by Crippen LogP contribution is 2.28. The van der Waals surface area contributed by atoms with Crippen LogP contribution in [-0.4, -0.2) is 38.9 Å². The van der Waals surface area contributed by atoms with Gasteiger partial charge in [0.05, 0.1) is 31.1 Å². The van der Waals surface area contributed by atoms with Gasteiger partial charge in [0.25, 0.3) is 0 Å². The number of piperazine rings is 1. The van der Waals surface area contributed by atoms with E-state index in [1.54, 1.807) is 4.31 Å². The largest absolute Gasteiger partial charge is 0.329 e. The highest BCUT2D eigenvalue weighted by Gasteiger charge is 2.33.